The van der Waals surface area contributed by atoms with E-state index < -0.39 is 5.92 Å². The van der Waals surface area contributed by atoms with Gasteiger partial charge >= 0.3 is 23.9 Å². The summed E-state index contributed by atoms with van der Waals surface area (Å²) in [4.78, 5) is 31.8. The van der Waals surface area contributed by atoms with Crippen LogP contribution in [0.25, 0.3) is 0 Å². The number of hydrogen-bond donors (Lipinski definition) is 0. The van der Waals surface area contributed by atoms with E-state index in [1.165, 1.54) is 20.8 Å². The van der Waals surface area contributed by atoms with Crippen LogP contribution in [0.1, 0.15) is 20.8 Å². The van der Waals surface area contributed by atoms with Crippen LogP contribution in [0.2, 0.25) is 0 Å². The SMILES string of the molecule is CC(=O)C(C(C)=O)C(C)=O.Cl.Cl.[SnH2]. The Morgan fingerprint density at radius 1 is 0.769 bits per heavy atom. The first-order valence-electron chi connectivity index (χ1n) is 2.98. The Kier molecular flexibility index (Phi) is 18.8. The van der Waals surface area contributed by atoms with Crippen molar-refractivity contribution in [3.63, 3.8) is 0 Å². The normalized spacial score (nSPS) is 7.38. The molecular weight excluding hydrogens is 322 g/mol. The van der Waals surface area contributed by atoms with Gasteiger partial charge in [0, 0.05) is 0 Å². The molecule has 0 saturated heterocycles. The van der Waals surface area contributed by atoms with Crippen LogP contribution in [-0.2, 0) is 14.4 Å². The van der Waals surface area contributed by atoms with Gasteiger partial charge in [-0.3, -0.25) is 14.4 Å². The van der Waals surface area contributed by atoms with E-state index in [1.807, 2.05) is 0 Å². The fraction of sp³-hybridized carbons (Fsp3) is 0.571. The van der Waals surface area contributed by atoms with Crippen molar-refractivity contribution in [3.8, 4) is 0 Å². The van der Waals surface area contributed by atoms with Gasteiger partial charge in [0.2, 0.25) is 0 Å². The first-order valence-corrected chi connectivity index (χ1v) is 2.98. The molecule has 0 spiro atoms. The Morgan fingerprint density at radius 2 is 0.923 bits per heavy atom. The van der Waals surface area contributed by atoms with Gasteiger partial charge in [-0.05, 0) is 20.8 Å². The predicted molar refractivity (Wildman–Crippen MR) is 58.6 cm³/mol. The summed E-state index contributed by atoms with van der Waals surface area (Å²) >= 11 is 0. The molecule has 0 N–H and O–H groups in total. The van der Waals surface area contributed by atoms with Crippen LogP contribution in [0.4, 0.5) is 0 Å². The van der Waals surface area contributed by atoms with Crippen LogP contribution in [-0.4, -0.2) is 41.3 Å². The molecule has 0 bridgehead atoms. The molecule has 0 aromatic carbocycles. The zero-order valence-corrected chi connectivity index (χ0v) is 13.5. The van der Waals surface area contributed by atoms with E-state index in [-0.39, 0.29) is 66.1 Å². The molecule has 13 heavy (non-hydrogen) atoms. The summed E-state index contributed by atoms with van der Waals surface area (Å²) in [6, 6.07) is 0. The molecule has 0 aromatic heterocycles. The van der Waals surface area contributed by atoms with E-state index in [4.69, 9.17) is 0 Å². The van der Waals surface area contributed by atoms with Gasteiger partial charge in [-0.15, -0.1) is 24.8 Å². The number of ketones is 3. The molecule has 0 aromatic rings. The van der Waals surface area contributed by atoms with Crippen LogP contribution in [0, 0.1) is 5.92 Å². The summed E-state index contributed by atoms with van der Waals surface area (Å²) in [6.45, 7) is 3.73. The number of halogens is 2. The van der Waals surface area contributed by atoms with Crippen molar-refractivity contribution < 1.29 is 14.4 Å². The first kappa shape index (κ1) is 23.3. The Hall–Kier alpha value is 0.389. The van der Waals surface area contributed by atoms with E-state index in [0.29, 0.717) is 0 Å². The minimum atomic E-state index is -1.03. The molecule has 0 aliphatic carbocycles. The quantitative estimate of drug-likeness (QED) is 0.550. The molecule has 0 amide bonds. The molecule has 0 aliphatic heterocycles. The van der Waals surface area contributed by atoms with Crippen LogP contribution in [0.15, 0.2) is 0 Å². The average Bonchev–Trinajstić information content (AvgIpc) is 1.59. The summed E-state index contributed by atoms with van der Waals surface area (Å²) in [7, 11) is 0. The molecule has 2 radical (unpaired) electrons. The van der Waals surface area contributed by atoms with E-state index in [9.17, 15) is 14.4 Å². The maximum atomic E-state index is 10.6. The Morgan fingerprint density at radius 3 is 0.923 bits per heavy atom. The third-order valence-electron chi connectivity index (χ3n) is 1.22. The summed E-state index contributed by atoms with van der Waals surface area (Å²) < 4.78 is 0. The van der Waals surface area contributed by atoms with Gasteiger partial charge in [0.05, 0.1) is 0 Å². The molecule has 0 saturated carbocycles. The van der Waals surface area contributed by atoms with Crippen molar-refractivity contribution in [2.24, 2.45) is 5.92 Å². The predicted octanol–water partition coefficient (Wildman–Crippen LogP) is 0.297. The van der Waals surface area contributed by atoms with Gasteiger partial charge in [-0.25, -0.2) is 0 Å². The van der Waals surface area contributed by atoms with Crippen molar-refractivity contribution in [2.45, 2.75) is 20.8 Å². The number of carbonyl (C=O) groups is 3. The second kappa shape index (κ2) is 10.5. The third kappa shape index (κ3) is 8.71. The van der Waals surface area contributed by atoms with Crippen LogP contribution in [0.5, 0.6) is 0 Å². The Balaban J connectivity index is -0.000000135. The third-order valence-corrected chi connectivity index (χ3v) is 1.22. The van der Waals surface area contributed by atoms with Gasteiger partial charge < -0.3 is 0 Å². The molecule has 78 valence electrons. The Bertz CT molecular complexity index is 161. The monoisotopic (exact) mass is 336 g/mol. The van der Waals surface area contributed by atoms with Crippen molar-refractivity contribution in [3.05, 3.63) is 0 Å². The number of carbonyl (C=O) groups excluding carboxylic acids is 3. The van der Waals surface area contributed by atoms with E-state index in [2.05, 4.69) is 0 Å². The summed E-state index contributed by atoms with van der Waals surface area (Å²) in [5, 5.41) is 0. The van der Waals surface area contributed by atoms with Crippen LogP contribution >= 0.6 is 24.8 Å². The number of hydrogen-bond acceptors (Lipinski definition) is 3. The van der Waals surface area contributed by atoms with Crippen molar-refractivity contribution >= 4 is 66.1 Å². The maximum absolute atomic E-state index is 10.6. The molecule has 0 fully saturated rings. The van der Waals surface area contributed by atoms with Gasteiger partial charge in [-0.2, -0.15) is 0 Å². The van der Waals surface area contributed by atoms with Crippen LogP contribution < -0.4 is 0 Å². The molecule has 0 unspecified atom stereocenters. The van der Waals surface area contributed by atoms with E-state index in [0.717, 1.165) is 0 Å². The van der Waals surface area contributed by atoms with Crippen molar-refractivity contribution in [1.29, 1.82) is 0 Å². The molecular formula is C7H14Cl2O3Sn. The number of Topliss-reactive ketones (excluding diaryl/α,β-unsaturated/α-hetero) is 3. The van der Waals surface area contributed by atoms with Gasteiger partial charge in [0.25, 0.3) is 0 Å². The van der Waals surface area contributed by atoms with E-state index >= 15 is 0 Å². The van der Waals surface area contributed by atoms with Gasteiger partial charge in [0.15, 0.2) is 0 Å². The second-order valence-electron chi connectivity index (χ2n) is 2.26. The standard InChI is InChI=1S/C7H10O3.2ClH.Sn.2H/c1-4(8)7(5(2)9)6(3)10;;;;;/h7H,1-3H3;2*1H;;;. The molecule has 3 nitrogen and oxygen atoms in total. The molecule has 0 heterocycles. The zero-order valence-electron chi connectivity index (χ0n) is 7.83. The van der Waals surface area contributed by atoms with E-state index in [1.54, 1.807) is 0 Å². The molecule has 0 rings (SSSR count). The summed E-state index contributed by atoms with van der Waals surface area (Å²) in [5.41, 5.74) is 0. The number of rotatable bonds is 3. The van der Waals surface area contributed by atoms with Crippen LogP contribution in [0.3, 0.4) is 0 Å². The first-order chi connectivity index (χ1) is 4.46. The fourth-order valence-electron chi connectivity index (χ4n) is 0.859. The van der Waals surface area contributed by atoms with Gasteiger partial charge in [0.1, 0.15) is 23.3 Å². The molecule has 0 aliphatic rings. The summed E-state index contributed by atoms with van der Waals surface area (Å²) in [5.74, 6) is -2.15. The Labute approximate surface area is 107 Å². The summed E-state index contributed by atoms with van der Waals surface area (Å²) in [6.07, 6.45) is 0. The van der Waals surface area contributed by atoms with Gasteiger partial charge in [-0.1, -0.05) is 0 Å². The fourth-order valence-corrected chi connectivity index (χ4v) is 0.859. The molecule has 0 atom stereocenters. The van der Waals surface area contributed by atoms with Crippen molar-refractivity contribution in [2.75, 3.05) is 0 Å². The molecule has 6 heteroatoms. The van der Waals surface area contributed by atoms with Crippen molar-refractivity contribution in [1.82, 2.24) is 0 Å². The zero-order chi connectivity index (χ0) is 8.31. The average molecular weight is 336 g/mol. The second-order valence-corrected chi connectivity index (χ2v) is 2.26. The minimum absolute atomic E-state index is 0. The topological polar surface area (TPSA) is 51.2 Å².